The molecule has 1 nitrogen and oxygen atoms in total. The molecule has 1 unspecified atom stereocenters. The lowest BCUT2D eigenvalue weighted by Gasteiger charge is -2.13. The molecule has 1 rings (SSSR count). The molecule has 0 aliphatic carbocycles. The van der Waals surface area contributed by atoms with E-state index in [2.05, 4.69) is 30.6 Å². The number of hydrogen-bond donors (Lipinski definition) is 1. The van der Waals surface area contributed by atoms with Gasteiger partial charge in [0.05, 0.1) is 0 Å². The Morgan fingerprint density at radius 3 is 3.09 bits per heavy atom. The van der Waals surface area contributed by atoms with E-state index in [9.17, 15) is 0 Å². The zero-order valence-corrected chi connectivity index (χ0v) is 8.16. The molecule has 0 saturated heterocycles. The van der Waals surface area contributed by atoms with Crippen LogP contribution in [0.15, 0.2) is 11.5 Å². The quantitative estimate of drug-likeness (QED) is 0.696. The zero-order valence-electron chi connectivity index (χ0n) is 7.34. The number of hydrogen-bond acceptors (Lipinski definition) is 2. The first-order valence-electron chi connectivity index (χ1n) is 4.34. The Bertz CT molecular complexity index is 134. The minimum Gasteiger partial charge on any atom is -0.314 e. The first-order chi connectivity index (χ1) is 5.33. The summed E-state index contributed by atoms with van der Waals surface area (Å²) in [5.41, 5.74) is 0. The third-order valence-electron chi connectivity index (χ3n) is 2.10. The molecule has 1 aliphatic heterocycles. The molecule has 0 aromatic carbocycles. The average Bonchev–Trinajstić information content (AvgIpc) is 2.52. The van der Waals surface area contributed by atoms with Crippen molar-refractivity contribution in [2.75, 3.05) is 12.3 Å². The van der Waals surface area contributed by atoms with Crippen molar-refractivity contribution in [3.63, 3.8) is 0 Å². The van der Waals surface area contributed by atoms with E-state index < -0.39 is 0 Å². The second-order valence-corrected chi connectivity index (χ2v) is 4.08. The van der Waals surface area contributed by atoms with Gasteiger partial charge in [-0.15, -0.1) is 11.8 Å². The fourth-order valence-corrected chi connectivity index (χ4v) is 1.95. The Kier molecular flexibility index (Phi) is 4.02. The van der Waals surface area contributed by atoms with Crippen LogP contribution >= 0.6 is 11.8 Å². The molecular formula is C9H17NS. The second-order valence-electron chi connectivity index (χ2n) is 3.14. The summed E-state index contributed by atoms with van der Waals surface area (Å²) in [7, 11) is 0. The minimum absolute atomic E-state index is 0.675. The monoisotopic (exact) mass is 171 g/mol. The van der Waals surface area contributed by atoms with Gasteiger partial charge < -0.3 is 5.32 Å². The summed E-state index contributed by atoms with van der Waals surface area (Å²) < 4.78 is 0. The van der Waals surface area contributed by atoms with Crippen LogP contribution in [0.25, 0.3) is 0 Å². The molecule has 0 radical (unpaired) electrons. The minimum atomic E-state index is 0.675. The lowest BCUT2D eigenvalue weighted by atomic mass is 10.1. The van der Waals surface area contributed by atoms with Gasteiger partial charge in [0.2, 0.25) is 0 Å². The van der Waals surface area contributed by atoms with E-state index in [1.165, 1.54) is 12.2 Å². The third kappa shape index (κ3) is 3.30. The first-order valence-corrected chi connectivity index (χ1v) is 5.39. The Morgan fingerprint density at radius 1 is 1.73 bits per heavy atom. The molecule has 1 aliphatic rings. The van der Waals surface area contributed by atoms with Crippen LogP contribution in [0, 0.1) is 5.92 Å². The summed E-state index contributed by atoms with van der Waals surface area (Å²) in [6.07, 6.45) is 3.53. The molecule has 1 heterocycles. The van der Waals surface area contributed by atoms with Gasteiger partial charge in [-0.1, -0.05) is 13.0 Å². The normalized spacial score (nSPS) is 25.8. The van der Waals surface area contributed by atoms with Crippen LogP contribution in [0.2, 0.25) is 0 Å². The van der Waals surface area contributed by atoms with Crippen molar-refractivity contribution in [3.05, 3.63) is 11.5 Å². The molecule has 0 bridgehead atoms. The zero-order chi connectivity index (χ0) is 8.10. The largest absolute Gasteiger partial charge is 0.314 e. The molecule has 1 N–H and O–H groups in total. The molecule has 0 spiro atoms. The number of nitrogens with one attached hydrogen (secondary N) is 1. The Morgan fingerprint density at radius 2 is 2.55 bits per heavy atom. The molecular weight excluding hydrogens is 154 g/mol. The van der Waals surface area contributed by atoms with Gasteiger partial charge in [-0.3, -0.25) is 0 Å². The summed E-state index contributed by atoms with van der Waals surface area (Å²) in [4.78, 5) is 0. The maximum absolute atomic E-state index is 3.51. The summed E-state index contributed by atoms with van der Waals surface area (Å²) >= 11 is 1.92. The predicted octanol–water partition coefficient (Wildman–Crippen LogP) is 2.25. The fourth-order valence-electron chi connectivity index (χ4n) is 1.03. The van der Waals surface area contributed by atoms with Gasteiger partial charge in [0, 0.05) is 18.3 Å². The van der Waals surface area contributed by atoms with Crippen LogP contribution in [0.5, 0.6) is 0 Å². The lowest BCUT2D eigenvalue weighted by molar-refractivity contribution is 0.501. The van der Waals surface area contributed by atoms with Crippen LogP contribution in [-0.4, -0.2) is 18.3 Å². The van der Waals surface area contributed by atoms with Crippen molar-refractivity contribution in [2.24, 2.45) is 5.92 Å². The predicted molar refractivity (Wildman–Crippen MR) is 52.8 cm³/mol. The van der Waals surface area contributed by atoms with Gasteiger partial charge in [-0.2, -0.15) is 0 Å². The van der Waals surface area contributed by atoms with E-state index in [0.717, 1.165) is 12.5 Å². The number of rotatable bonds is 4. The molecule has 0 fully saturated rings. The summed E-state index contributed by atoms with van der Waals surface area (Å²) in [6, 6.07) is 0.675. The van der Waals surface area contributed by atoms with Crippen LogP contribution < -0.4 is 5.32 Å². The van der Waals surface area contributed by atoms with Crippen LogP contribution in [0.4, 0.5) is 0 Å². The Labute approximate surface area is 73.6 Å². The highest BCUT2D eigenvalue weighted by molar-refractivity contribution is 8.02. The Balaban J connectivity index is 2.06. The smallest absolute Gasteiger partial charge is 0.00495 e. The molecule has 0 saturated carbocycles. The highest BCUT2D eigenvalue weighted by Gasteiger charge is 2.09. The lowest BCUT2D eigenvalue weighted by Crippen LogP contribution is -2.30. The van der Waals surface area contributed by atoms with Gasteiger partial charge >= 0.3 is 0 Å². The van der Waals surface area contributed by atoms with E-state index in [1.54, 1.807) is 0 Å². The molecule has 0 aromatic rings. The molecule has 0 aromatic heterocycles. The van der Waals surface area contributed by atoms with Gasteiger partial charge in [0.15, 0.2) is 0 Å². The van der Waals surface area contributed by atoms with E-state index in [4.69, 9.17) is 0 Å². The highest BCUT2D eigenvalue weighted by atomic mass is 32.2. The van der Waals surface area contributed by atoms with Crippen LogP contribution in [0.3, 0.4) is 0 Å². The van der Waals surface area contributed by atoms with Crippen molar-refractivity contribution in [2.45, 2.75) is 26.3 Å². The van der Waals surface area contributed by atoms with E-state index >= 15 is 0 Å². The maximum atomic E-state index is 3.51. The van der Waals surface area contributed by atoms with E-state index in [-0.39, 0.29) is 0 Å². The van der Waals surface area contributed by atoms with Crippen molar-refractivity contribution in [1.82, 2.24) is 5.32 Å². The standard InChI is InChI=1S/C9H17NS/c1-3-8(2)10-6-9-4-5-11-7-9/h4-5,8-10H,3,6-7H2,1-2H3/t8-,9?/m1/s1. The van der Waals surface area contributed by atoms with E-state index in [1.807, 2.05) is 11.8 Å². The maximum Gasteiger partial charge on any atom is 0.00495 e. The molecule has 2 heteroatoms. The topological polar surface area (TPSA) is 12.0 Å². The average molecular weight is 171 g/mol. The molecule has 2 atom stereocenters. The summed E-state index contributed by atoms with van der Waals surface area (Å²) in [5, 5.41) is 5.72. The van der Waals surface area contributed by atoms with Gasteiger partial charge in [0.1, 0.15) is 0 Å². The fraction of sp³-hybridized carbons (Fsp3) is 0.778. The van der Waals surface area contributed by atoms with Crippen LogP contribution in [-0.2, 0) is 0 Å². The van der Waals surface area contributed by atoms with Crippen molar-refractivity contribution in [1.29, 1.82) is 0 Å². The summed E-state index contributed by atoms with van der Waals surface area (Å²) in [5.74, 6) is 2.04. The van der Waals surface area contributed by atoms with Crippen molar-refractivity contribution in [3.8, 4) is 0 Å². The third-order valence-corrected chi connectivity index (χ3v) is 3.07. The van der Waals surface area contributed by atoms with Crippen LogP contribution in [0.1, 0.15) is 20.3 Å². The molecule has 0 amide bonds. The SMILES string of the molecule is CC[C@@H](C)NCC1C=CSC1. The highest BCUT2D eigenvalue weighted by Crippen LogP contribution is 2.19. The Hall–Kier alpha value is 0.0500. The van der Waals surface area contributed by atoms with Crippen molar-refractivity contribution < 1.29 is 0 Å². The first kappa shape index (κ1) is 9.14. The van der Waals surface area contributed by atoms with E-state index in [0.29, 0.717) is 6.04 Å². The number of thioether (sulfide) groups is 1. The van der Waals surface area contributed by atoms with Crippen molar-refractivity contribution >= 4 is 11.8 Å². The van der Waals surface area contributed by atoms with Gasteiger partial charge in [0.25, 0.3) is 0 Å². The van der Waals surface area contributed by atoms with Gasteiger partial charge in [-0.05, 0) is 24.7 Å². The van der Waals surface area contributed by atoms with Gasteiger partial charge in [-0.25, -0.2) is 0 Å². The molecule has 11 heavy (non-hydrogen) atoms. The summed E-state index contributed by atoms with van der Waals surface area (Å²) in [6.45, 7) is 5.61. The second kappa shape index (κ2) is 4.83. The molecule has 64 valence electrons.